The summed E-state index contributed by atoms with van der Waals surface area (Å²) < 4.78 is 10.1. The summed E-state index contributed by atoms with van der Waals surface area (Å²) in [4.78, 5) is 34.7. The Morgan fingerprint density at radius 3 is 2.32 bits per heavy atom. The number of hydrogen-bond acceptors (Lipinski definition) is 6. The summed E-state index contributed by atoms with van der Waals surface area (Å²) >= 11 is 0. The maximum atomic E-state index is 11.8. The molecule has 0 aromatic heterocycles. The van der Waals surface area contributed by atoms with Gasteiger partial charge in [-0.05, 0) is 17.7 Å². The van der Waals surface area contributed by atoms with Crippen LogP contribution in [0.15, 0.2) is 54.6 Å². The molecule has 0 atom stereocenters. The van der Waals surface area contributed by atoms with Gasteiger partial charge in [-0.1, -0.05) is 30.3 Å². The van der Waals surface area contributed by atoms with Crippen molar-refractivity contribution in [2.24, 2.45) is 0 Å². The minimum atomic E-state index is -0.687. The van der Waals surface area contributed by atoms with Crippen molar-refractivity contribution in [3.05, 3.63) is 70.3 Å². The van der Waals surface area contributed by atoms with Crippen LogP contribution in [0.4, 0.5) is 10.5 Å². The summed E-state index contributed by atoms with van der Waals surface area (Å²) in [5.41, 5.74) is 0.721. The van der Waals surface area contributed by atoms with Gasteiger partial charge < -0.3 is 14.4 Å². The second kappa shape index (κ2) is 8.44. The van der Waals surface area contributed by atoms with E-state index in [4.69, 9.17) is 9.47 Å². The molecule has 0 radical (unpaired) electrons. The maximum Gasteiger partial charge on any atom is 0.410 e. The molecule has 0 N–H and O–H groups in total. The van der Waals surface area contributed by atoms with E-state index in [1.165, 1.54) is 31.3 Å². The van der Waals surface area contributed by atoms with E-state index in [1.54, 1.807) is 0 Å². The van der Waals surface area contributed by atoms with Crippen molar-refractivity contribution >= 4 is 17.7 Å². The van der Waals surface area contributed by atoms with Crippen molar-refractivity contribution in [3.8, 4) is 5.75 Å². The molecule has 8 heteroatoms. The van der Waals surface area contributed by atoms with Crippen LogP contribution in [0.5, 0.6) is 5.75 Å². The molecule has 0 heterocycles. The molecule has 0 saturated carbocycles. The highest BCUT2D eigenvalue weighted by atomic mass is 16.6. The zero-order valence-corrected chi connectivity index (χ0v) is 13.5. The Balaban J connectivity index is 1.80. The van der Waals surface area contributed by atoms with Gasteiger partial charge in [-0.15, -0.1) is 0 Å². The number of non-ortho nitro benzene ring substituents is 1. The Hall–Kier alpha value is -3.42. The number of nitro groups is 1. The molecule has 0 bridgehead atoms. The molecule has 8 nitrogen and oxygen atoms in total. The average Bonchev–Trinajstić information content (AvgIpc) is 2.60. The van der Waals surface area contributed by atoms with Crippen LogP contribution in [0.2, 0.25) is 0 Å². The highest BCUT2D eigenvalue weighted by Crippen LogP contribution is 2.17. The fourth-order valence-electron chi connectivity index (χ4n) is 1.89. The molecule has 130 valence electrons. The van der Waals surface area contributed by atoms with E-state index in [2.05, 4.69) is 0 Å². The second-order valence-electron chi connectivity index (χ2n) is 5.12. The quantitative estimate of drug-likeness (QED) is 0.346. The van der Waals surface area contributed by atoms with Gasteiger partial charge in [-0.2, -0.15) is 0 Å². The Kier molecular flexibility index (Phi) is 6.05. The number of carbonyl (C=O) groups excluding carboxylic acids is 2. The standard InChI is InChI=1S/C17H16N2O6/c1-18(17(21)24-12-13-5-3-2-4-6-13)11-16(20)25-15-9-7-14(8-10-15)19(22)23/h2-10H,11-12H2,1H3. The third kappa shape index (κ3) is 5.61. The molecule has 0 saturated heterocycles. The number of likely N-dealkylation sites (N-methyl/N-ethyl adjacent to an activating group) is 1. The fraction of sp³-hybridized carbons (Fsp3) is 0.176. The number of rotatable bonds is 6. The number of benzene rings is 2. The summed E-state index contributed by atoms with van der Waals surface area (Å²) in [5, 5.41) is 10.6. The van der Waals surface area contributed by atoms with E-state index in [0.29, 0.717) is 0 Å². The van der Waals surface area contributed by atoms with Gasteiger partial charge in [0, 0.05) is 19.2 Å². The molecule has 1 amide bonds. The van der Waals surface area contributed by atoms with Gasteiger partial charge in [0.05, 0.1) is 4.92 Å². The molecule has 0 aliphatic rings. The third-order valence-corrected chi connectivity index (χ3v) is 3.16. The van der Waals surface area contributed by atoms with E-state index < -0.39 is 17.0 Å². The van der Waals surface area contributed by atoms with Crippen LogP contribution < -0.4 is 4.74 Å². The van der Waals surface area contributed by atoms with Crippen molar-refractivity contribution in [2.75, 3.05) is 13.6 Å². The first-order valence-corrected chi connectivity index (χ1v) is 7.32. The zero-order valence-electron chi connectivity index (χ0n) is 13.5. The molecule has 2 aromatic rings. The van der Waals surface area contributed by atoms with Crippen LogP contribution in [0.3, 0.4) is 0 Å². The lowest BCUT2D eigenvalue weighted by Crippen LogP contribution is -2.34. The number of esters is 1. The molecule has 0 aliphatic carbocycles. The van der Waals surface area contributed by atoms with Gasteiger partial charge in [-0.3, -0.25) is 10.1 Å². The number of hydrogen-bond donors (Lipinski definition) is 0. The monoisotopic (exact) mass is 344 g/mol. The van der Waals surface area contributed by atoms with Crippen LogP contribution in [-0.2, 0) is 16.1 Å². The lowest BCUT2D eigenvalue weighted by atomic mass is 10.2. The van der Waals surface area contributed by atoms with Gasteiger partial charge in [0.15, 0.2) is 0 Å². The molecule has 2 rings (SSSR count). The maximum absolute atomic E-state index is 11.8. The summed E-state index contributed by atoms with van der Waals surface area (Å²) in [5.74, 6) is -0.533. The highest BCUT2D eigenvalue weighted by Gasteiger charge is 2.16. The zero-order chi connectivity index (χ0) is 18.2. The number of nitro benzene ring substituents is 1. The molecule has 25 heavy (non-hydrogen) atoms. The number of ether oxygens (including phenoxy) is 2. The summed E-state index contributed by atoms with van der Waals surface area (Å²) in [6.45, 7) is -0.216. The highest BCUT2D eigenvalue weighted by molar-refractivity contribution is 5.79. The van der Waals surface area contributed by atoms with Crippen molar-refractivity contribution in [1.29, 1.82) is 0 Å². The SMILES string of the molecule is CN(CC(=O)Oc1ccc([N+](=O)[O-])cc1)C(=O)OCc1ccccc1. The normalized spacial score (nSPS) is 9.96. The lowest BCUT2D eigenvalue weighted by Gasteiger charge is -2.16. The Morgan fingerprint density at radius 2 is 1.72 bits per heavy atom. The fourth-order valence-corrected chi connectivity index (χ4v) is 1.89. The van der Waals surface area contributed by atoms with E-state index in [1.807, 2.05) is 30.3 Å². The van der Waals surface area contributed by atoms with E-state index >= 15 is 0 Å². The van der Waals surface area contributed by atoms with Gasteiger partial charge in [0.1, 0.15) is 18.9 Å². The Labute approximate surface area is 143 Å². The minimum Gasteiger partial charge on any atom is -0.445 e. The van der Waals surface area contributed by atoms with Crippen LogP contribution in [0, 0.1) is 10.1 Å². The number of amides is 1. The van der Waals surface area contributed by atoms with Crippen LogP contribution in [0.25, 0.3) is 0 Å². The predicted octanol–water partition coefficient (Wildman–Crippen LogP) is 2.77. The summed E-state index contributed by atoms with van der Waals surface area (Å²) in [6, 6.07) is 14.2. The molecule has 0 spiro atoms. The predicted molar refractivity (Wildman–Crippen MR) is 88.0 cm³/mol. The smallest absolute Gasteiger partial charge is 0.410 e. The summed E-state index contributed by atoms with van der Waals surface area (Å²) in [7, 11) is 1.41. The molecule has 0 aliphatic heterocycles. The molecule has 0 unspecified atom stereocenters. The summed E-state index contributed by atoms with van der Waals surface area (Å²) in [6.07, 6.45) is -0.662. The van der Waals surface area contributed by atoms with Crippen molar-refractivity contribution in [2.45, 2.75) is 6.61 Å². The van der Waals surface area contributed by atoms with E-state index in [9.17, 15) is 19.7 Å². The first-order chi connectivity index (χ1) is 12.0. The van der Waals surface area contributed by atoms with Gasteiger partial charge in [-0.25, -0.2) is 9.59 Å². The van der Waals surface area contributed by atoms with Crippen molar-refractivity contribution < 1.29 is 24.0 Å². The van der Waals surface area contributed by atoms with Crippen LogP contribution >= 0.6 is 0 Å². The van der Waals surface area contributed by atoms with E-state index in [0.717, 1.165) is 10.5 Å². The van der Waals surface area contributed by atoms with Crippen LogP contribution in [0.1, 0.15) is 5.56 Å². The third-order valence-electron chi connectivity index (χ3n) is 3.16. The van der Waals surface area contributed by atoms with Crippen LogP contribution in [-0.4, -0.2) is 35.5 Å². The number of nitrogens with zero attached hydrogens (tertiary/aromatic N) is 2. The second-order valence-corrected chi connectivity index (χ2v) is 5.12. The topological polar surface area (TPSA) is 99.0 Å². The Morgan fingerprint density at radius 1 is 1.08 bits per heavy atom. The minimum absolute atomic E-state index is 0.0986. The molecular weight excluding hydrogens is 328 g/mol. The van der Waals surface area contributed by atoms with Gasteiger partial charge in [0.2, 0.25) is 0 Å². The lowest BCUT2D eigenvalue weighted by molar-refractivity contribution is -0.384. The van der Waals surface area contributed by atoms with Gasteiger partial charge >= 0.3 is 12.1 Å². The average molecular weight is 344 g/mol. The van der Waals surface area contributed by atoms with Crippen molar-refractivity contribution in [3.63, 3.8) is 0 Å². The van der Waals surface area contributed by atoms with Crippen molar-refractivity contribution in [1.82, 2.24) is 4.90 Å². The largest absolute Gasteiger partial charge is 0.445 e. The molecule has 2 aromatic carbocycles. The van der Waals surface area contributed by atoms with E-state index in [-0.39, 0.29) is 24.6 Å². The molecule has 0 fully saturated rings. The number of carbonyl (C=O) groups is 2. The first-order valence-electron chi connectivity index (χ1n) is 7.32. The molecular formula is C17H16N2O6. The van der Waals surface area contributed by atoms with Gasteiger partial charge in [0.25, 0.3) is 5.69 Å². The Bertz CT molecular complexity index is 745. The first kappa shape index (κ1) is 17.9.